The summed E-state index contributed by atoms with van der Waals surface area (Å²) in [7, 11) is 1.41. The van der Waals surface area contributed by atoms with Gasteiger partial charge in [-0.3, -0.25) is 19.3 Å². The first-order valence-corrected chi connectivity index (χ1v) is 10.8. The van der Waals surface area contributed by atoms with E-state index in [1.54, 1.807) is 0 Å². The lowest BCUT2D eigenvalue weighted by molar-refractivity contribution is -0.149. The molecule has 1 N–H and O–H groups in total. The zero-order valence-corrected chi connectivity index (χ0v) is 18.3. The van der Waals surface area contributed by atoms with Crippen molar-refractivity contribution in [1.82, 2.24) is 9.80 Å². The largest absolute Gasteiger partial charge is 0.469 e. The van der Waals surface area contributed by atoms with Crippen LogP contribution in [0.5, 0.6) is 0 Å². The summed E-state index contributed by atoms with van der Waals surface area (Å²) in [5.74, 6) is -0.228. The number of carbonyl (C=O) groups excluding carboxylic acids is 3. The lowest BCUT2D eigenvalue weighted by Crippen LogP contribution is -2.42. The summed E-state index contributed by atoms with van der Waals surface area (Å²) in [5.41, 5.74) is 2.99. The summed E-state index contributed by atoms with van der Waals surface area (Å²) >= 11 is 0. The van der Waals surface area contributed by atoms with Crippen LogP contribution in [0.4, 0.5) is 5.69 Å². The van der Waals surface area contributed by atoms with E-state index in [1.165, 1.54) is 7.11 Å². The number of rotatable bonds is 8. The number of nitrogens with zero attached hydrogens (tertiary/aromatic N) is 2. The minimum absolute atomic E-state index is 0.0399. The first-order chi connectivity index (χ1) is 14.4. The van der Waals surface area contributed by atoms with Crippen molar-refractivity contribution in [1.29, 1.82) is 0 Å². The highest BCUT2D eigenvalue weighted by molar-refractivity contribution is 5.93. The molecule has 0 radical (unpaired) electrons. The standard InChI is InChI=1S/C23H33N3O4/c1-16-4-5-17(2)20(14-16)24-21(27)15-26(19-6-7-19)13-10-22(28)25-11-8-18(9-12-25)23(29)30-3/h4-5,14,18-19H,6-13,15H2,1-3H3,(H,24,27). The minimum atomic E-state index is -0.183. The molecule has 1 aromatic rings. The fraction of sp³-hybridized carbons (Fsp3) is 0.609. The average molecular weight is 416 g/mol. The Kier molecular flexibility index (Phi) is 7.48. The zero-order chi connectivity index (χ0) is 21.7. The van der Waals surface area contributed by atoms with E-state index in [2.05, 4.69) is 10.2 Å². The van der Waals surface area contributed by atoms with Crippen molar-refractivity contribution in [2.75, 3.05) is 38.6 Å². The second kappa shape index (κ2) is 10.1. The van der Waals surface area contributed by atoms with E-state index in [-0.39, 0.29) is 23.7 Å². The van der Waals surface area contributed by atoms with Gasteiger partial charge in [-0.2, -0.15) is 0 Å². The molecule has 0 aromatic heterocycles. The molecule has 1 aliphatic carbocycles. The third-order valence-corrected chi connectivity index (χ3v) is 6.07. The van der Waals surface area contributed by atoms with Crippen LogP contribution in [0.2, 0.25) is 0 Å². The van der Waals surface area contributed by atoms with Crippen LogP contribution in [0.3, 0.4) is 0 Å². The number of benzene rings is 1. The molecule has 164 valence electrons. The van der Waals surface area contributed by atoms with Crippen molar-refractivity contribution in [3.05, 3.63) is 29.3 Å². The second-order valence-corrected chi connectivity index (χ2v) is 8.50. The Morgan fingerprint density at radius 2 is 1.83 bits per heavy atom. The van der Waals surface area contributed by atoms with Gasteiger partial charge in [0.15, 0.2) is 0 Å². The van der Waals surface area contributed by atoms with Crippen LogP contribution in [-0.2, 0) is 19.1 Å². The molecule has 0 bridgehead atoms. The Labute approximate surface area is 178 Å². The first-order valence-electron chi connectivity index (χ1n) is 10.8. The molecule has 2 fully saturated rings. The van der Waals surface area contributed by atoms with Gasteiger partial charge in [-0.1, -0.05) is 12.1 Å². The molecule has 7 nitrogen and oxygen atoms in total. The van der Waals surface area contributed by atoms with E-state index in [1.807, 2.05) is 36.9 Å². The number of amides is 2. The summed E-state index contributed by atoms with van der Waals surface area (Å²) in [6.07, 6.45) is 3.87. The molecule has 0 spiro atoms. The highest BCUT2D eigenvalue weighted by Crippen LogP contribution is 2.27. The van der Waals surface area contributed by atoms with E-state index in [4.69, 9.17) is 4.74 Å². The topological polar surface area (TPSA) is 79.0 Å². The van der Waals surface area contributed by atoms with E-state index in [0.29, 0.717) is 51.5 Å². The Morgan fingerprint density at radius 1 is 1.13 bits per heavy atom. The maximum Gasteiger partial charge on any atom is 0.308 e. The number of hydrogen-bond acceptors (Lipinski definition) is 5. The van der Waals surface area contributed by atoms with Crippen molar-refractivity contribution in [2.24, 2.45) is 5.92 Å². The van der Waals surface area contributed by atoms with Gasteiger partial charge in [-0.25, -0.2) is 0 Å². The molecule has 3 rings (SSSR count). The van der Waals surface area contributed by atoms with Gasteiger partial charge in [0.25, 0.3) is 0 Å². The first kappa shape index (κ1) is 22.3. The van der Waals surface area contributed by atoms with Crippen LogP contribution in [0.25, 0.3) is 0 Å². The number of anilines is 1. The SMILES string of the molecule is COC(=O)C1CCN(C(=O)CCN(CC(=O)Nc2cc(C)ccc2C)C2CC2)CC1. The Hall–Kier alpha value is -2.41. The third-order valence-electron chi connectivity index (χ3n) is 6.07. The number of nitrogens with one attached hydrogen (secondary N) is 1. The van der Waals surface area contributed by atoms with Crippen molar-refractivity contribution in [2.45, 2.75) is 52.0 Å². The highest BCUT2D eigenvalue weighted by Gasteiger charge is 2.32. The number of esters is 1. The van der Waals surface area contributed by atoms with Gasteiger partial charge in [0.05, 0.1) is 19.6 Å². The van der Waals surface area contributed by atoms with Crippen molar-refractivity contribution < 1.29 is 19.1 Å². The van der Waals surface area contributed by atoms with Gasteiger partial charge >= 0.3 is 5.97 Å². The second-order valence-electron chi connectivity index (χ2n) is 8.50. The molecule has 1 saturated carbocycles. The molecule has 30 heavy (non-hydrogen) atoms. The lowest BCUT2D eigenvalue weighted by atomic mass is 9.97. The number of methoxy groups -OCH3 is 1. The maximum absolute atomic E-state index is 12.6. The van der Waals surface area contributed by atoms with E-state index in [0.717, 1.165) is 29.7 Å². The zero-order valence-electron chi connectivity index (χ0n) is 18.3. The van der Waals surface area contributed by atoms with Crippen LogP contribution < -0.4 is 5.32 Å². The Bertz CT molecular complexity index is 783. The molecule has 1 aromatic carbocycles. The lowest BCUT2D eigenvalue weighted by Gasteiger charge is -2.31. The fourth-order valence-corrected chi connectivity index (χ4v) is 4.00. The van der Waals surface area contributed by atoms with Crippen molar-refractivity contribution >= 4 is 23.5 Å². The van der Waals surface area contributed by atoms with E-state index in [9.17, 15) is 14.4 Å². The molecular weight excluding hydrogens is 382 g/mol. The maximum atomic E-state index is 12.6. The number of ether oxygens (including phenoxy) is 1. The van der Waals surface area contributed by atoms with E-state index >= 15 is 0 Å². The molecule has 0 atom stereocenters. The summed E-state index contributed by atoms with van der Waals surface area (Å²) in [5, 5.41) is 3.02. The van der Waals surface area contributed by atoms with E-state index < -0.39 is 0 Å². The third kappa shape index (κ3) is 6.05. The summed E-state index contributed by atoms with van der Waals surface area (Å²) in [6.45, 7) is 6.06. The van der Waals surface area contributed by atoms with Gasteiger partial charge < -0.3 is 15.0 Å². The molecule has 1 saturated heterocycles. The van der Waals surface area contributed by atoms with Crippen LogP contribution in [0, 0.1) is 19.8 Å². The van der Waals surface area contributed by atoms with Gasteiger partial charge in [-0.15, -0.1) is 0 Å². The molecule has 7 heteroatoms. The predicted octanol–water partition coefficient (Wildman–Crippen LogP) is 2.51. The number of carbonyl (C=O) groups is 3. The molecule has 0 unspecified atom stereocenters. The van der Waals surface area contributed by atoms with Gasteiger partial charge in [0, 0.05) is 37.8 Å². The summed E-state index contributed by atoms with van der Waals surface area (Å²) in [6, 6.07) is 6.41. The van der Waals surface area contributed by atoms with Crippen molar-refractivity contribution in [3.8, 4) is 0 Å². The van der Waals surface area contributed by atoms with Gasteiger partial charge in [-0.05, 0) is 56.7 Å². The number of aryl methyl sites for hydroxylation is 2. The molecule has 1 aliphatic heterocycles. The van der Waals surface area contributed by atoms with Crippen LogP contribution in [0.15, 0.2) is 18.2 Å². The molecule has 2 aliphatic rings. The normalized spacial score (nSPS) is 17.1. The molecule has 1 heterocycles. The summed E-state index contributed by atoms with van der Waals surface area (Å²) < 4.78 is 4.80. The number of piperidine rings is 1. The predicted molar refractivity (Wildman–Crippen MR) is 115 cm³/mol. The van der Waals surface area contributed by atoms with Gasteiger partial charge in [0.2, 0.25) is 11.8 Å². The minimum Gasteiger partial charge on any atom is -0.469 e. The number of likely N-dealkylation sites (tertiary alicyclic amines) is 1. The Balaban J connectivity index is 1.47. The van der Waals surface area contributed by atoms with Crippen LogP contribution >= 0.6 is 0 Å². The monoisotopic (exact) mass is 415 g/mol. The quantitative estimate of drug-likeness (QED) is 0.660. The van der Waals surface area contributed by atoms with Crippen molar-refractivity contribution in [3.63, 3.8) is 0 Å². The summed E-state index contributed by atoms with van der Waals surface area (Å²) in [4.78, 5) is 40.8. The van der Waals surface area contributed by atoms with Crippen LogP contribution in [-0.4, -0.2) is 66.9 Å². The smallest absolute Gasteiger partial charge is 0.308 e. The highest BCUT2D eigenvalue weighted by atomic mass is 16.5. The Morgan fingerprint density at radius 3 is 2.47 bits per heavy atom. The number of hydrogen-bond donors (Lipinski definition) is 1. The fourth-order valence-electron chi connectivity index (χ4n) is 4.00. The molecular formula is C23H33N3O4. The molecule has 2 amide bonds. The van der Waals surface area contributed by atoms with Crippen LogP contribution in [0.1, 0.15) is 43.2 Å². The van der Waals surface area contributed by atoms with Gasteiger partial charge in [0.1, 0.15) is 0 Å². The average Bonchev–Trinajstić information content (AvgIpc) is 3.58.